The van der Waals surface area contributed by atoms with E-state index in [-0.39, 0.29) is 10.7 Å². The molecular weight excluding hydrogens is 272 g/mol. The second-order valence-electron chi connectivity index (χ2n) is 4.88. The highest BCUT2D eigenvalue weighted by Crippen LogP contribution is 2.30. The number of fused-ring (bicyclic) bond motifs is 2. The van der Waals surface area contributed by atoms with E-state index in [2.05, 4.69) is 6.58 Å². The summed E-state index contributed by atoms with van der Waals surface area (Å²) in [4.78, 5) is 12.4. The Hall–Kier alpha value is -2.20. The van der Waals surface area contributed by atoms with E-state index in [9.17, 15) is 13.2 Å². The highest BCUT2D eigenvalue weighted by atomic mass is 32.2. The van der Waals surface area contributed by atoms with Crippen molar-refractivity contribution in [3.63, 3.8) is 0 Å². The van der Waals surface area contributed by atoms with Crippen LogP contribution < -0.4 is 0 Å². The van der Waals surface area contributed by atoms with E-state index >= 15 is 0 Å². The Morgan fingerprint density at radius 1 is 1.10 bits per heavy atom. The molecule has 0 bridgehead atoms. The van der Waals surface area contributed by atoms with Gasteiger partial charge in [0, 0.05) is 22.8 Å². The van der Waals surface area contributed by atoms with Gasteiger partial charge in [0.15, 0.2) is 15.6 Å². The number of carbonyl (C=O) groups excluding carboxylic acids is 1. The average Bonchev–Trinajstić information content (AvgIpc) is 2.40. The second kappa shape index (κ2) is 4.15. The SMILES string of the molecule is C=C1C=Cc2cc3c(S(C)(=O)=O)cccc3cc2C1=O. The van der Waals surface area contributed by atoms with Crippen molar-refractivity contribution in [3.05, 3.63) is 59.7 Å². The predicted molar refractivity (Wildman–Crippen MR) is 79.6 cm³/mol. The minimum absolute atomic E-state index is 0.117. The van der Waals surface area contributed by atoms with Crippen molar-refractivity contribution in [2.75, 3.05) is 6.26 Å². The van der Waals surface area contributed by atoms with Gasteiger partial charge in [-0.2, -0.15) is 0 Å². The average molecular weight is 284 g/mol. The third-order valence-corrected chi connectivity index (χ3v) is 4.57. The van der Waals surface area contributed by atoms with Gasteiger partial charge in [-0.15, -0.1) is 0 Å². The molecule has 0 aliphatic heterocycles. The summed E-state index contributed by atoms with van der Waals surface area (Å²) in [5.74, 6) is -0.117. The lowest BCUT2D eigenvalue weighted by Gasteiger charge is -2.13. The Morgan fingerprint density at radius 3 is 2.55 bits per heavy atom. The summed E-state index contributed by atoms with van der Waals surface area (Å²) in [6.07, 6.45) is 4.63. The molecule has 0 spiro atoms. The molecule has 0 amide bonds. The molecule has 0 heterocycles. The highest BCUT2D eigenvalue weighted by Gasteiger charge is 2.19. The van der Waals surface area contributed by atoms with Crippen molar-refractivity contribution in [2.24, 2.45) is 0 Å². The smallest absolute Gasteiger partial charge is 0.193 e. The predicted octanol–water partition coefficient (Wildman–Crippen LogP) is 3.01. The van der Waals surface area contributed by atoms with Crippen LogP contribution >= 0.6 is 0 Å². The minimum atomic E-state index is -3.31. The number of Topliss-reactive ketones (excluding diaryl/α,β-unsaturated/α-hetero) is 1. The second-order valence-corrected chi connectivity index (χ2v) is 6.86. The first kappa shape index (κ1) is 12.8. The van der Waals surface area contributed by atoms with Crippen LogP contribution in [0, 0.1) is 0 Å². The van der Waals surface area contributed by atoms with Crippen LogP contribution in [-0.2, 0) is 9.84 Å². The Labute approximate surface area is 117 Å². The van der Waals surface area contributed by atoms with E-state index in [1.165, 1.54) is 6.26 Å². The van der Waals surface area contributed by atoms with Gasteiger partial charge in [0.2, 0.25) is 0 Å². The summed E-state index contributed by atoms with van der Waals surface area (Å²) in [5.41, 5.74) is 1.73. The summed E-state index contributed by atoms with van der Waals surface area (Å²) >= 11 is 0. The quantitative estimate of drug-likeness (QED) is 0.756. The van der Waals surface area contributed by atoms with Gasteiger partial charge < -0.3 is 0 Å². The van der Waals surface area contributed by atoms with Crippen LogP contribution in [0.2, 0.25) is 0 Å². The highest BCUT2D eigenvalue weighted by molar-refractivity contribution is 7.91. The molecule has 0 N–H and O–H groups in total. The Balaban J connectivity index is 2.41. The fourth-order valence-electron chi connectivity index (χ4n) is 2.41. The first-order chi connectivity index (χ1) is 9.38. The first-order valence-corrected chi connectivity index (χ1v) is 7.95. The maximum absolute atomic E-state index is 12.1. The topological polar surface area (TPSA) is 51.2 Å². The van der Waals surface area contributed by atoms with E-state index in [4.69, 9.17) is 0 Å². The Morgan fingerprint density at radius 2 is 1.85 bits per heavy atom. The van der Waals surface area contributed by atoms with Crippen LogP contribution in [0.5, 0.6) is 0 Å². The van der Waals surface area contributed by atoms with Crippen molar-refractivity contribution in [3.8, 4) is 0 Å². The lowest BCUT2D eigenvalue weighted by molar-refractivity contribution is 0.103. The number of ketones is 1. The molecular formula is C16H12O3S. The molecule has 0 aromatic heterocycles. The summed E-state index contributed by atoms with van der Waals surface area (Å²) < 4.78 is 23.7. The number of rotatable bonds is 1. The van der Waals surface area contributed by atoms with Gasteiger partial charge in [-0.25, -0.2) is 8.42 Å². The number of hydrogen-bond donors (Lipinski definition) is 0. The van der Waals surface area contributed by atoms with Crippen LogP contribution in [0.25, 0.3) is 16.8 Å². The molecule has 0 atom stereocenters. The van der Waals surface area contributed by atoms with Gasteiger partial charge in [-0.1, -0.05) is 30.9 Å². The molecule has 20 heavy (non-hydrogen) atoms. The van der Waals surface area contributed by atoms with Crippen LogP contribution in [0.1, 0.15) is 15.9 Å². The monoisotopic (exact) mass is 284 g/mol. The fraction of sp³-hybridized carbons (Fsp3) is 0.0625. The number of benzene rings is 2. The third-order valence-electron chi connectivity index (χ3n) is 3.41. The normalized spacial score (nSPS) is 14.7. The molecule has 0 saturated carbocycles. The summed E-state index contributed by atoms with van der Waals surface area (Å²) in [6, 6.07) is 8.55. The van der Waals surface area contributed by atoms with Gasteiger partial charge >= 0.3 is 0 Å². The zero-order chi connectivity index (χ0) is 14.5. The van der Waals surface area contributed by atoms with E-state index < -0.39 is 9.84 Å². The van der Waals surface area contributed by atoms with Crippen molar-refractivity contribution < 1.29 is 13.2 Å². The van der Waals surface area contributed by atoms with Crippen LogP contribution in [0.3, 0.4) is 0 Å². The number of carbonyl (C=O) groups is 1. The van der Waals surface area contributed by atoms with Crippen molar-refractivity contribution in [1.29, 1.82) is 0 Å². The first-order valence-electron chi connectivity index (χ1n) is 6.06. The molecule has 3 rings (SSSR count). The lowest BCUT2D eigenvalue weighted by atomic mass is 9.91. The number of allylic oxidation sites excluding steroid dienone is 2. The largest absolute Gasteiger partial charge is 0.289 e. The molecule has 0 unspecified atom stereocenters. The maximum Gasteiger partial charge on any atom is 0.193 e. The molecule has 2 aromatic carbocycles. The van der Waals surface area contributed by atoms with Crippen LogP contribution in [0.4, 0.5) is 0 Å². The Kier molecular flexibility index (Phi) is 2.66. The molecule has 2 aromatic rings. The zero-order valence-electron chi connectivity index (χ0n) is 10.9. The maximum atomic E-state index is 12.1. The molecule has 100 valence electrons. The molecule has 1 aliphatic rings. The standard InChI is InChI=1S/C16H12O3S/c1-10-6-7-12-8-13-11(9-14(12)16(10)17)4-3-5-15(13)20(2,18)19/h3-9H,1H2,2H3. The third kappa shape index (κ3) is 1.89. The zero-order valence-corrected chi connectivity index (χ0v) is 11.7. The van der Waals surface area contributed by atoms with Crippen LogP contribution in [-0.4, -0.2) is 20.5 Å². The van der Waals surface area contributed by atoms with Crippen molar-refractivity contribution >= 4 is 32.5 Å². The Bertz CT molecular complexity index is 903. The van der Waals surface area contributed by atoms with Gasteiger partial charge in [-0.05, 0) is 29.1 Å². The van der Waals surface area contributed by atoms with E-state index in [0.29, 0.717) is 16.5 Å². The van der Waals surface area contributed by atoms with Gasteiger partial charge in [0.25, 0.3) is 0 Å². The fourth-order valence-corrected chi connectivity index (χ4v) is 3.31. The molecule has 0 radical (unpaired) electrons. The van der Waals surface area contributed by atoms with E-state index in [1.54, 1.807) is 42.5 Å². The van der Waals surface area contributed by atoms with E-state index in [1.807, 2.05) is 0 Å². The van der Waals surface area contributed by atoms with Gasteiger partial charge in [-0.3, -0.25) is 4.79 Å². The summed E-state index contributed by atoms with van der Waals surface area (Å²) in [7, 11) is -3.31. The van der Waals surface area contributed by atoms with Gasteiger partial charge in [0.1, 0.15) is 0 Å². The molecule has 3 nitrogen and oxygen atoms in total. The lowest BCUT2D eigenvalue weighted by Crippen LogP contribution is -2.07. The summed E-state index contributed by atoms with van der Waals surface area (Å²) in [6.45, 7) is 3.70. The van der Waals surface area contributed by atoms with Gasteiger partial charge in [0.05, 0.1) is 4.90 Å². The van der Waals surface area contributed by atoms with Crippen molar-refractivity contribution in [2.45, 2.75) is 4.90 Å². The van der Waals surface area contributed by atoms with Crippen molar-refractivity contribution in [1.82, 2.24) is 0 Å². The molecule has 1 aliphatic carbocycles. The molecule has 0 fully saturated rings. The molecule has 4 heteroatoms. The number of sulfone groups is 1. The summed E-state index contributed by atoms with van der Waals surface area (Å²) in [5, 5.41) is 1.38. The minimum Gasteiger partial charge on any atom is -0.289 e. The van der Waals surface area contributed by atoms with Crippen LogP contribution in [0.15, 0.2) is 53.5 Å². The molecule has 0 saturated heterocycles. The van der Waals surface area contributed by atoms with E-state index in [0.717, 1.165) is 10.9 Å². The number of hydrogen-bond acceptors (Lipinski definition) is 3.